The maximum Gasteiger partial charge on any atom is 0.270 e. The largest absolute Gasteiger partial charge is 0.361 e. The summed E-state index contributed by atoms with van der Waals surface area (Å²) in [6.07, 6.45) is 1.92. The first-order valence-corrected chi connectivity index (χ1v) is 11.7. The normalized spacial score (nSPS) is 12.4. The molecule has 3 rings (SSSR count). The first kappa shape index (κ1) is 17.0. The molecule has 0 aliphatic heterocycles. The average Bonchev–Trinajstić information content (AvgIpc) is 2.98. The van der Waals surface area contributed by atoms with Crippen molar-refractivity contribution in [3.05, 3.63) is 76.0 Å². The van der Waals surface area contributed by atoms with Gasteiger partial charge in [-0.25, -0.2) is 0 Å². The summed E-state index contributed by atoms with van der Waals surface area (Å²) in [6, 6.07) is 15.0. The molecule has 126 valence electrons. The second-order valence-corrected chi connectivity index (χ2v) is 11.8. The maximum absolute atomic E-state index is 11.1. The molecule has 1 heterocycles. The highest BCUT2D eigenvalue weighted by atomic mass is 28.3. The molecule has 0 saturated heterocycles. The van der Waals surface area contributed by atoms with E-state index in [0.717, 1.165) is 22.0 Å². The third-order valence-corrected chi connectivity index (χ3v) is 4.84. The van der Waals surface area contributed by atoms with Crippen LogP contribution in [-0.2, 0) is 0 Å². The van der Waals surface area contributed by atoms with E-state index >= 15 is 0 Å². The molecule has 4 nitrogen and oxygen atoms in total. The SMILES string of the molecule is C[Si](C)(C)C#CC(c1ccccc1)c1c[nH]c2ccc([N+](=O)[O-])cc12. The lowest BCUT2D eigenvalue weighted by Crippen LogP contribution is -2.17. The van der Waals surface area contributed by atoms with Crippen LogP contribution in [0.2, 0.25) is 19.6 Å². The highest BCUT2D eigenvalue weighted by Gasteiger charge is 2.19. The second kappa shape index (κ2) is 6.58. The third kappa shape index (κ3) is 3.81. The Morgan fingerprint density at radius 1 is 1.12 bits per heavy atom. The number of nitrogens with zero attached hydrogens (tertiary/aromatic N) is 1. The van der Waals surface area contributed by atoms with Crippen LogP contribution in [0.4, 0.5) is 5.69 Å². The molecule has 0 amide bonds. The highest BCUT2D eigenvalue weighted by Crippen LogP contribution is 2.32. The molecule has 0 aliphatic carbocycles. The number of rotatable bonds is 3. The van der Waals surface area contributed by atoms with Gasteiger partial charge in [0, 0.05) is 29.2 Å². The lowest BCUT2D eigenvalue weighted by atomic mass is 9.92. The number of H-pyrrole nitrogens is 1. The number of nitrogens with one attached hydrogen (secondary N) is 1. The van der Waals surface area contributed by atoms with E-state index in [4.69, 9.17) is 0 Å². The summed E-state index contributed by atoms with van der Waals surface area (Å²) in [5.41, 5.74) is 6.51. The van der Waals surface area contributed by atoms with Crippen molar-refractivity contribution in [1.29, 1.82) is 0 Å². The molecule has 2 aromatic carbocycles. The van der Waals surface area contributed by atoms with E-state index in [1.807, 2.05) is 24.4 Å². The second-order valence-electron chi connectivity index (χ2n) is 7.09. The van der Waals surface area contributed by atoms with Gasteiger partial charge in [0.05, 0.1) is 10.8 Å². The third-order valence-electron chi connectivity index (χ3n) is 3.94. The molecule has 1 N–H and O–H groups in total. The number of benzene rings is 2. The first-order chi connectivity index (χ1) is 11.8. The predicted molar refractivity (Wildman–Crippen MR) is 104 cm³/mol. The lowest BCUT2D eigenvalue weighted by Gasteiger charge is -2.12. The summed E-state index contributed by atoms with van der Waals surface area (Å²) < 4.78 is 0. The minimum atomic E-state index is -1.54. The quantitative estimate of drug-likeness (QED) is 0.310. The molecule has 1 atom stereocenters. The Morgan fingerprint density at radius 3 is 2.48 bits per heavy atom. The van der Waals surface area contributed by atoms with E-state index in [9.17, 15) is 10.1 Å². The van der Waals surface area contributed by atoms with Gasteiger partial charge >= 0.3 is 0 Å². The van der Waals surface area contributed by atoms with Crippen molar-refractivity contribution in [1.82, 2.24) is 4.98 Å². The van der Waals surface area contributed by atoms with Crippen molar-refractivity contribution in [2.45, 2.75) is 25.6 Å². The Morgan fingerprint density at radius 2 is 1.84 bits per heavy atom. The monoisotopic (exact) mass is 348 g/mol. The zero-order chi connectivity index (χ0) is 18.0. The molecular weight excluding hydrogens is 328 g/mol. The van der Waals surface area contributed by atoms with Crippen LogP contribution in [-0.4, -0.2) is 18.0 Å². The number of aromatic amines is 1. The van der Waals surface area contributed by atoms with Gasteiger partial charge in [-0.15, -0.1) is 5.54 Å². The number of hydrogen-bond acceptors (Lipinski definition) is 2. The number of hydrogen-bond donors (Lipinski definition) is 1. The Labute approximate surface area is 148 Å². The summed E-state index contributed by atoms with van der Waals surface area (Å²) in [6.45, 7) is 6.63. The van der Waals surface area contributed by atoms with E-state index in [-0.39, 0.29) is 16.5 Å². The molecule has 0 fully saturated rings. The fraction of sp³-hybridized carbons (Fsp3) is 0.200. The minimum Gasteiger partial charge on any atom is -0.361 e. The van der Waals surface area contributed by atoms with Crippen LogP contribution in [0.1, 0.15) is 17.0 Å². The van der Waals surface area contributed by atoms with Crippen LogP contribution in [0.5, 0.6) is 0 Å². The predicted octanol–water partition coefficient (Wildman–Crippen LogP) is 5.09. The van der Waals surface area contributed by atoms with Gasteiger partial charge in [0.1, 0.15) is 8.07 Å². The molecule has 0 saturated carbocycles. The molecule has 5 heteroatoms. The molecular formula is C20H20N2O2Si. The van der Waals surface area contributed by atoms with Crippen LogP contribution in [0.25, 0.3) is 10.9 Å². The van der Waals surface area contributed by atoms with E-state index in [0.29, 0.717) is 0 Å². The molecule has 0 radical (unpaired) electrons. The molecule has 1 aromatic heterocycles. The van der Waals surface area contributed by atoms with Crippen LogP contribution in [0.3, 0.4) is 0 Å². The number of non-ortho nitro benzene ring substituents is 1. The lowest BCUT2D eigenvalue weighted by molar-refractivity contribution is -0.384. The van der Waals surface area contributed by atoms with Crippen molar-refractivity contribution in [3.63, 3.8) is 0 Å². The van der Waals surface area contributed by atoms with Crippen molar-refractivity contribution in [2.75, 3.05) is 0 Å². The minimum absolute atomic E-state index is 0.0957. The Hall–Kier alpha value is -2.84. The molecule has 1 unspecified atom stereocenters. The maximum atomic E-state index is 11.1. The summed E-state index contributed by atoms with van der Waals surface area (Å²) >= 11 is 0. The van der Waals surface area contributed by atoms with Gasteiger partial charge in [-0.05, 0) is 17.2 Å². The molecule has 25 heavy (non-hydrogen) atoms. The summed E-state index contributed by atoms with van der Waals surface area (Å²) in [5.74, 6) is 3.33. The standard InChI is InChI=1S/C20H20N2O2Si/c1-25(2,3)12-11-17(15-7-5-4-6-8-15)19-14-21-20-10-9-16(22(23)24)13-18(19)20/h4-10,13-14,17,21H,1-3H3. The van der Waals surface area contributed by atoms with Crippen LogP contribution in [0, 0.1) is 21.6 Å². The Bertz CT molecular complexity index is 976. The van der Waals surface area contributed by atoms with Gasteiger partial charge in [-0.3, -0.25) is 10.1 Å². The first-order valence-electron chi connectivity index (χ1n) is 8.18. The van der Waals surface area contributed by atoms with Gasteiger partial charge in [0.15, 0.2) is 0 Å². The Balaban J connectivity index is 2.19. The molecule has 0 spiro atoms. The molecule has 0 aliphatic rings. The number of fused-ring (bicyclic) bond motifs is 1. The fourth-order valence-corrected chi connectivity index (χ4v) is 3.33. The fourth-order valence-electron chi connectivity index (χ4n) is 2.76. The summed E-state index contributed by atoms with van der Waals surface area (Å²) in [4.78, 5) is 14.0. The number of nitro benzene ring substituents is 1. The van der Waals surface area contributed by atoms with Gasteiger partial charge in [-0.1, -0.05) is 55.9 Å². The smallest absolute Gasteiger partial charge is 0.270 e. The van der Waals surface area contributed by atoms with Gasteiger partial charge in [-0.2, -0.15) is 0 Å². The summed E-state index contributed by atoms with van der Waals surface area (Å²) in [5, 5.41) is 12.0. The van der Waals surface area contributed by atoms with Crippen LogP contribution >= 0.6 is 0 Å². The van der Waals surface area contributed by atoms with Crippen molar-refractivity contribution < 1.29 is 4.92 Å². The Kier molecular flexibility index (Phi) is 4.47. The average molecular weight is 348 g/mol. The van der Waals surface area contributed by atoms with Crippen molar-refractivity contribution in [3.8, 4) is 11.5 Å². The number of aromatic nitrogens is 1. The van der Waals surface area contributed by atoms with Crippen molar-refractivity contribution >= 4 is 24.7 Å². The van der Waals surface area contributed by atoms with Crippen LogP contribution < -0.4 is 0 Å². The van der Waals surface area contributed by atoms with E-state index in [1.54, 1.807) is 12.1 Å². The molecule has 0 bridgehead atoms. The van der Waals surface area contributed by atoms with Gasteiger partial charge in [0.2, 0.25) is 0 Å². The van der Waals surface area contributed by atoms with E-state index in [1.165, 1.54) is 6.07 Å². The van der Waals surface area contributed by atoms with E-state index < -0.39 is 8.07 Å². The van der Waals surface area contributed by atoms with E-state index in [2.05, 4.69) is 48.2 Å². The highest BCUT2D eigenvalue weighted by molar-refractivity contribution is 6.83. The van der Waals surface area contributed by atoms with Crippen molar-refractivity contribution in [2.24, 2.45) is 0 Å². The van der Waals surface area contributed by atoms with Gasteiger partial charge in [0.25, 0.3) is 5.69 Å². The number of nitro groups is 1. The zero-order valence-corrected chi connectivity index (χ0v) is 15.5. The molecule has 3 aromatic rings. The van der Waals surface area contributed by atoms with Gasteiger partial charge < -0.3 is 4.98 Å². The summed E-state index contributed by atoms with van der Waals surface area (Å²) in [7, 11) is -1.54. The topological polar surface area (TPSA) is 58.9 Å². The van der Waals surface area contributed by atoms with Crippen LogP contribution in [0.15, 0.2) is 54.7 Å². The zero-order valence-electron chi connectivity index (χ0n) is 14.5.